The highest BCUT2D eigenvalue weighted by Gasteiger charge is 2.49. The van der Waals surface area contributed by atoms with Gasteiger partial charge in [0.2, 0.25) is 0 Å². The van der Waals surface area contributed by atoms with E-state index in [0.29, 0.717) is 54.3 Å². The molecule has 6 rings (SSSR count). The Balaban J connectivity index is 1.41. The predicted octanol–water partition coefficient (Wildman–Crippen LogP) is 8.30. The first-order valence-electron chi connectivity index (χ1n) is 16.9. The number of allylic oxidation sites excluding steroid dienone is 4. The molecule has 0 unspecified atom stereocenters. The zero-order chi connectivity index (χ0) is 34.2. The number of carbonyl (C=O) groups excluding carboxylic acids is 3. The summed E-state index contributed by atoms with van der Waals surface area (Å²) < 4.78 is 12.0. The molecular weight excluding hydrogens is 600 g/mol. The molecule has 7 nitrogen and oxygen atoms in total. The monoisotopic (exact) mass is 646 g/mol. The molecular formula is C41H46N2O5. The van der Waals surface area contributed by atoms with Gasteiger partial charge in [0.1, 0.15) is 0 Å². The summed E-state index contributed by atoms with van der Waals surface area (Å²) in [5.74, 6) is 0.276. The number of aryl methyl sites for hydroxylation is 1. The Kier molecular flexibility index (Phi) is 9.08. The maximum absolute atomic E-state index is 14.2. The highest BCUT2D eigenvalue weighted by atomic mass is 16.5. The van der Waals surface area contributed by atoms with Crippen molar-refractivity contribution >= 4 is 23.2 Å². The summed E-state index contributed by atoms with van der Waals surface area (Å²) in [6.45, 7) is 13.2. The zero-order valence-electron chi connectivity index (χ0n) is 28.9. The van der Waals surface area contributed by atoms with Crippen LogP contribution >= 0.6 is 0 Å². The molecule has 250 valence electrons. The van der Waals surface area contributed by atoms with Gasteiger partial charge in [0, 0.05) is 53.5 Å². The Bertz CT molecular complexity index is 1760. The van der Waals surface area contributed by atoms with Crippen molar-refractivity contribution in [2.45, 2.75) is 79.7 Å². The lowest BCUT2D eigenvalue weighted by atomic mass is 9.63. The number of rotatable bonds is 9. The lowest BCUT2D eigenvalue weighted by molar-refractivity contribution is -0.120. The first kappa shape index (κ1) is 33.3. The lowest BCUT2D eigenvalue weighted by Crippen LogP contribution is -2.44. The third-order valence-electron chi connectivity index (χ3n) is 9.47. The number of nitrogens with one attached hydrogen (secondary N) is 1. The normalized spacial score (nSPS) is 18.8. The molecule has 0 radical (unpaired) electrons. The van der Waals surface area contributed by atoms with Gasteiger partial charge in [-0.15, -0.1) is 0 Å². The Morgan fingerprint density at radius 2 is 1.44 bits per heavy atom. The number of anilines is 1. The predicted molar refractivity (Wildman–Crippen MR) is 188 cm³/mol. The van der Waals surface area contributed by atoms with E-state index in [2.05, 4.69) is 50.0 Å². The van der Waals surface area contributed by atoms with Gasteiger partial charge in [-0.3, -0.25) is 14.4 Å². The van der Waals surface area contributed by atoms with Crippen molar-refractivity contribution in [2.75, 3.05) is 18.5 Å². The van der Waals surface area contributed by atoms with Crippen molar-refractivity contribution in [1.29, 1.82) is 0 Å². The number of Topliss-reactive ketones (excluding diaryl/α,β-unsaturated/α-hetero) is 2. The minimum absolute atomic E-state index is 0.0830. The van der Waals surface area contributed by atoms with Crippen LogP contribution in [0.3, 0.4) is 0 Å². The smallest absolute Gasteiger partial charge is 0.262 e. The summed E-state index contributed by atoms with van der Waals surface area (Å²) in [4.78, 5) is 43.5. The SMILES string of the molecule is CCOc1cc(C2C3=C(CC(C)(C)CC3=O)N(Cc3ccccc3)C3=C2C(=O)CC(C)(C)C3)ccc1OCC(=O)Nc1cccc(C)c1. The molecule has 7 heteroatoms. The summed E-state index contributed by atoms with van der Waals surface area (Å²) in [7, 11) is 0. The molecule has 0 atom stereocenters. The van der Waals surface area contributed by atoms with Crippen molar-refractivity contribution in [3.8, 4) is 11.5 Å². The fraction of sp³-hybridized carbons (Fsp3) is 0.390. The summed E-state index contributed by atoms with van der Waals surface area (Å²) in [6.07, 6.45) is 2.30. The number of amides is 1. The largest absolute Gasteiger partial charge is 0.490 e. The quantitative estimate of drug-likeness (QED) is 0.252. The van der Waals surface area contributed by atoms with Gasteiger partial charge in [-0.05, 0) is 78.5 Å². The minimum atomic E-state index is -0.507. The van der Waals surface area contributed by atoms with Crippen LogP contribution in [-0.4, -0.2) is 35.6 Å². The van der Waals surface area contributed by atoms with Crippen molar-refractivity contribution in [3.63, 3.8) is 0 Å². The van der Waals surface area contributed by atoms with Crippen molar-refractivity contribution in [2.24, 2.45) is 10.8 Å². The summed E-state index contributed by atoms with van der Waals surface area (Å²) >= 11 is 0. The molecule has 48 heavy (non-hydrogen) atoms. The van der Waals surface area contributed by atoms with Crippen LogP contribution in [0.25, 0.3) is 0 Å². The molecule has 1 heterocycles. The molecule has 0 spiro atoms. The Morgan fingerprint density at radius 3 is 2.04 bits per heavy atom. The number of ketones is 2. The van der Waals surface area contributed by atoms with Crippen molar-refractivity contribution < 1.29 is 23.9 Å². The number of carbonyl (C=O) groups is 3. The van der Waals surface area contributed by atoms with Gasteiger partial charge in [0.15, 0.2) is 29.7 Å². The second-order valence-corrected chi connectivity index (χ2v) is 15.0. The number of ether oxygens (including phenoxy) is 2. The van der Waals surface area contributed by atoms with E-state index in [0.717, 1.165) is 40.9 Å². The first-order valence-corrected chi connectivity index (χ1v) is 16.9. The third kappa shape index (κ3) is 6.96. The number of nitrogens with zero attached hydrogens (tertiary/aromatic N) is 1. The van der Waals surface area contributed by atoms with E-state index < -0.39 is 5.92 Å². The number of hydrogen-bond acceptors (Lipinski definition) is 6. The molecule has 1 amide bonds. The Morgan fingerprint density at radius 1 is 0.792 bits per heavy atom. The van der Waals surface area contributed by atoms with Crippen LogP contribution in [0.5, 0.6) is 11.5 Å². The van der Waals surface area contributed by atoms with Gasteiger partial charge in [-0.2, -0.15) is 0 Å². The van der Waals surface area contributed by atoms with Gasteiger partial charge in [-0.25, -0.2) is 0 Å². The number of hydrogen-bond donors (Lipinski definition) is 1. The number of benzene rings is 3. The molecule has 0 fully saturated rings. The molecule has 0 aromatic heterocycles. The van der Waals surface area contributed by atoms with Crippen molar-refractivity contribution in [3.05, 3.63) is 112 Å². The van der Waals surface area contributed by atoms with Crippen LogP contribution in [0.1, 0.15) is 82.9 Å². The molecule has 2 aliphatic carbocycles. The molecule has 3 aliphatic rings. The zero-order valence-corrected chi connectivity index (χ0v) is 28.9. The molecule has 1 N–H and O–H groups in total. The maximum Gasteiger partial charge on any atom is 0.262 e. The topological polar surface area (TPSA) is 84.9 Å². The Hall–Kier alpha value is -4.65. The minimum Gasteiger partial charge on any atom is -0.490 e. The highest BCUT2D eigenvalue weighted by molar-refractivity contribution is 6.07. The van der Waals surface area contributed by atoms with E-state index in [1.807, 2.05) is 68.4 Å². The van der Waals surface area contributed by atoms with Crippen LogP contribution in [0.15, 0.2) is 95.3 Å². The van der Waals surface area contributed by atoms with Crippen LogP contribution in [0.4, 0.5) is 5.69 Å². The van der Waals surface area contributed by atoms with E-state index in [1.54, 1.807) is 6.07 Å². The van der Waals surface area contributed by atoms with Gasteiger partial charge in [0.05, 0.1) is 6.61 Å². The van der Waals surface area contributed by atoms with Crippen molar-refractivity contribution in [1.82, 2.24) is 4.90 Å². The average molecular weight is 647 g/mol. The van der Waals surface area contributed by atoms with Gasteiger partial charge in [-0.1, -0.05) is 76.2 Å². The maximum atomic E-state index is 14.2. The molecule has 0 saturated carbocycles. The summed E-state index contributed by atoms with van der Waals surface area (Å²) in [5, 5.41) is 2.88. The second kappa shape index (κ2) is 13.1. The van der Waals surface area contributed by atoms with E-state index >= 15 is 0 Å². The first-order chi connectivity index (χ1) is 22.8. The molecule has 0 saturated heterocycles. The summed E-state index contributed by atoms with van der Waals surface area (Å²) in [5.41, 5.74) is 6.73. The highest BCUT2D eigenvalue weighted by Crippen LogP contribution is 2.55. The molecule has 3 aromatic carbocycles. The van der Waals surface area contributed by atoms with E-state index in [-0.39, 0.29) is 34.9 Å². The summed E-state index contributed by atoms with van der Waals surface area (Å²) in [6, 6.07) is 23.5. The van der Waals surface area contributed by atoms with Gasteiger partial charge < -0.3 is 19.7 Å². The average Bonchev–Trinajstić information content (AvgIpc) is 3.00. The van der Waals surface area contributed by atoms with Crippen LogP contribution in [-0.2, 0) is 20.9 Å². The molecule has 0 bridgehead atoms. The fourth-order valence-electron chi connectivity index (χ4n) is 7.49. The second-order valence-electron chi connectivity index (χ2n) is 15.0. The van der Waals surface area contributed by atoms with E-state index in [1.165, 1.54) is 0 Å². The standard InChI is InChI=1S/C41H46N2O5/c1-7-47-35-19-28(16-17-34(35)48-25-36(46)42-29-15-11-12-26(2)18-29)37-38-30(20-40(3,4)22-32(38)44)43(24-27-13-9-8-10-14-27)31-21-41(5,6)23-33(45)39(31)37/h8-19,37H,7,20-25H2,1-6H3,(H,42,46). The molecule has 1 aliphatic heterocycles. The van der Waals surface area contributed by atoms with Gasteiger partial charge >= 0.3 is 0 Å². The van der Waals surface area contributed by atoms with Crippen LogP contribution in [0, 0.1) is 17.8 Å². The van der Waals surface area contributed by atoms with Gasteiger partial charge in [0.25, 0.3) is 5.91 Å². The lowest BCUT2D eigenvalue weighted by Gasteiger charge is -2.49. The third-order valence-corrected chi connectivity index (χ3v) is 9.47. The van der Waals surface area contributed by atoms with Crippen LogP contribution in [0.2, 0.25) is 0 Å². The molecule has 3 aromatic rings. The van der Waals surface area contributed by atoms with Crippen LogP contribution < -0.4 is 14.8 Å². The van der Waals surface area contributed by atoms with E-state index in [9.17, 15) is 14.4 Å². The Labute approximate surface area is 284 Å². The van der Waals surface area contributed by atoms with E-state index in [4.69, 9.17) is 9.47 Å². The fourth-order valence-corrected chi connectivity index (χ4v) is 7.49.